The van der Waals surface area contributed by atoms with Crippen molar-refractivity contribution in [2.75, 3.05) is 43.5 Å². The minimum Gasteiger partial charge on any atom is -0.390 e. The summed E-state index contributed by atoms with van der Waals surface area (Å²) in [4.78, 5) is 34.2. The number of nitrogens with one attached hydrogen (secondary N) is 2. The van der Waals surface area contributed by atoms with E-state index >= 15 is 0 Å². The number of anilines is 2. The normalized spacial score (nSPS) is 26.8. The first-order chi connectivity index (χ1) is 19.5. The van der Waals surface area contributed by atoms with Crippen molar-refractivity contribution in [3.63, 3.8) is 0 Å². The number of amides is 1. The van der Waals surface area contributed by atoms with Crippen molar-refractivity contribution in [1.29, 1.82) is 0 Å². The number of ether oxygens (including phenoxy) is 1. The van der Waals surface area contributed by atoms with E-state index in [0.29, 0.717) is 56.3 Å². The predicted octanol–water partition coefficient (Wildman–Crippen LogP) is 2.54. The van der Waals surface area contributed by atoms with Crippen molar-refractivity contribution >= 4 is 39.2 Å². The number of carbonyl (C=O) groups excluding carboxylic acids is 1. The van der Waals surface area contributed by atoms with E-state index in [4.69, 9.17) is 19.7 Å². The lowest BCUT2D eigenvalue weighted by Crippen LogP contribution is -2.46. The van der Waals surface area contributed by atoms with Crippen molar-refractivity contribution in [1.82, 2.24) is 24.8 Å². The van der Waals surface area contributed by atoms with Gasteiger partial charge in [0.15, 0.2) is 0 Å². The molecule has 0 unspecified atom stereocenters. The second-order valence-corrected chi connectivity index (χ2v) is 12.6. The number of pyridine rings is 1. The van der Waals surface area contributed by atoms with Crippen molar-refractivity contribution in [2.45, 2.75) is 63.2 Å². The summed E-state index contributed by atoms with van der Waals surface area (Å²) >= 11 is 1.58. The molecule has 3 aromatic rings. The molecule has 11 nitrogen and oxygen atoms in total. The number of hydrogen-bond donors (Lipinski definition) is 4. The van der Waals surface area contributed by atoms with Crippen LogP contribution in [0.3, 0.4) is 0 Å². The number of aromatic nitrogens is 4. The molecule has 40 heavy (non-hydrogen) atoms. The Bertz CT molecular complexity index is 1420. The SMILES string of the molecule is Cc1nc(NCC2CC2)nc(N[C@@H]2C[C@H](C(=O)N3CCOCC3)[C@@H](O)[C@H]2O)c1-c1nc2c(C3CC3)nccc2s1. The molecule has 3 aliphatic carbocycles. The van der Waals surface area contributed by atoms with Crippen LogP contribution in [0.5, 0.6) is 0 Å². The number of hydrogen-bond acceptors (Lipinski definition) is 11. The van der Waals surface area contributed by atoms with Gasteiger partial charge in [-0.25, -0.2) is 9.97 Å². The molecule has 1 amide bonds. The Balaban J connectivity index is 1.21. The fourth-order valence-electron chi connectivity index (χ4n) is 5.82. The highest BCUT2D eigenvalue weighted by atomic mass is 32.1. The van der Waals surface area contributed by atoms with Gasteiger partial charge in [-0.2, -0.15) is 4.98 Å². The molecule has 4 fully saturated rings. The number of rotatable bonds is 8. The minimum absolute atomic E-state index is 0.142. The Morgan fingerprint density at radius 1 is 1.12 bits per heavy atom. The average molecular weight is 566 g/mol. The Kier molecular flexibility index (Phi) is 6.81. The maximum absolute atomic E-state index is 13.2. The van der Waals surface area contributed by atoms with Gasteiger partial charge in [-0.15, -0.1) is 11.3 Å². The van der Waals surface area contributed by atoms with E-state index in [1.165, 1.54) is 12.8 Å². The van der Waals surface area contributed by atoms with Crippen LogP contribution in [0.2, 0.25) is 0 Å². The fraction of sp³-hybridized carbons (Fsp3) is 0.607. The molecule has 0 aromatic carbocycles. The van der Waals surface area contributed by atoms with Gasteiger partial charge in [0.1, 0.15) is 22.4 Å². The summed E-state index contributed by atoms with van der Waals surface area (Å²) in [5.74, 6) is 1.35. The van der Waals surface area contributed by atoms with Crippen LogP contribution >= 0.6 is 11.3 Å². The maximum Gasteiger partial charge on any atom is 0.228 e. The van der Waals surface area contributed by atoms with Gasteiger partial charge in [0, 0.05) is 31.7 Å². The topological polar surface area (TPSA) is 146 Å². The van der Waals surface area contributed by atoms with Gasteiger partial charge >= 0.3 is 0 Å². The zero-order valence-electron chi connectivity index (χ0n) is 22.5. The van der Waals surface area contributed by atoms with Crippen LogP contribution in [-0.4, -0.2) is 92.1 Å². The van der Waals surface area contributed by atoms with E-state index in [-0.39, 0.29) is 5.91 Å². The summed E-state index contributed by atoms with van der Waals surface area (Å²) in [7, 11) is 0. The fourth-order valence-corrected chi connectivity index (χ4v) is 6.89. The summed E-state index contributed by atoms with van der Waals surface area (Å²) < 4.78 is 6.45. The molecule has 12 heteroatoms. The standard InChI is InChI=1S/C28H35N7O4S/c1-14-20(26-33-22-19(40-26)6-7-29-21(22)16-4-5-16)25(34-28(31-14)30-13-15-2-3-15)32-18-12-17(23(36)24(18)37)27(38)35-8-10-39-11-9-35/h6-7,15-18,23-24,36-37H,2-5,8-13H2,1H3,(H2,30,31,32,34)/t17-,18+,23+,24-/m0/s1. The number of carbonyl (C=O) groups is 1. The highest BCUT2D eigenvalue weighted by molar-refractivity contribution is 7.21. The lowest BCUT2D eigenvalue weighted by molar-refractivity contribution is -0.143. The quantitative estimate of drug-likeness (QED) is 0.321. The lowest BCUT2D eigenvalue weighted by atomic mass is 10.0. The van der Waals surface area contributed by atoms with Crippen LogP contribution in [0.4, 0.5) is 11.8 Å². The molecular weight excluding hydrogens is 530 g/mol. The number of thiazole rings is 1. The Morgan fingerprint density at radius 3 is 2.67 bits per heavy atom. The van der Waals surface area contributed by atoms with Crippen LogP contribution in [0.1, 0.15) is 49.4 Å². The summed E-state index contributed by atoms with van der Waals surface area (Å²) in [5, 5.41) is 29.5. The van der Waals surface area contributed by atoms with Gasteiger partial charge in [0.2, 0.25) is 11.9 Å². The Labute approximate surface area is 236 Å². The van der Waals surface area contributed by atoms with Gasteiger partial charge in [0.25, 0.3) is 0 Å². The third-order valence-corrected chi connectivity index (χ3v) is 9.53. The zero-order valence-corrected chi connectivity index (χ0v) is 23.4. The van der Waals surface area contributed by atoms with Gasteiger partial charge in [0.05, 0.1) is 52.9 Å². The molecule has 4 N–H and O–H groups in total. The van der Waals surface area contributed by atoms with Gasteiger partial charge in [-0.1, -0.05) is 0 Å². The molecule has 7 rings (SSSR count). The van der Waals surface area contributed by atoms with Crippen molar-refractivity contribution < 1.29 is 19.7 Å². The molecule has 1 aliphatic heterocycles. The molecule has 0 bridgehead atoms. The van der Waals surface area contributed by atoms with Gasteiger partial charge < -0.3 is 30.5 Å². The Hall–Kier alpha value is -2.93. The largest absolute Gasteiger partial charge is 0.390 e. The van der Waals surface area contributed by atoms with Crippen molar-refractivity contribution in [3.8, 4) is 10.6 Å². The average Bonchev–Trinajstić information content (AvgIpc) is 3.90. The molecular formula is C28H35N7O4S. The van der Waals surface area contributed by atoms with Crippen molar-refractivity contribution in [2.24, 2.45) is 11.8 Å². The number of fused-ring (bicyclic) bond motifs is 1. The molecule has 212 valence electrons. The third-order valence-electron chi connectivity index (χ3n) is 8.49. The minimum atomic E-state index is -1.17. The first-order valence-electron chi connectivity index (χ1n) is 14.3. The van der Waals surface area contributed by atoms with Crippen molar-refractivity contribution in [3.05, 3.63) is 23.7 Å². The first kappa shape index (κ1) is 26.0. The molecule has 0 spiro atoms. The van der Waals surface area contributed by atoms with Crippen LogP contribution in [0, 0.1) is 18.8 Å². The van der Waals surface area contributed by atoms with E-state index in [9.17, 15) is 15.0 Å². The van der Waals surface area contributed by atoms with E-state index in [2.05, 4.69) is 15.6 Å². The smallest absolute Gasteiger partial charge is 0.228 e. The van der Waals surface area contributed by atoms with Crippen LogP contribution in [0.15, 0.2) is 12.3 Å². The second-order valence-electron chi connectivity index (χ2n) is 11.5. The second kappa shape index (κ2) is 10.5. The lowest BCUT2D eigenvalue weighted by Gasteiger charge is -2.30. The van der Waals surface area contributed by atoms with E-state index in [1.54, 1.807) is 16.2 Å². The van der Waals surface area contributed by atoms with Gasteiger partial charge in [-0.05, 0) is 51.0 Å². The number of aryl methyl sites for hydroxylation is 1. The number of nitrogens with zero attached hydrogens (tertiary/aromatic N) is 5. The molecule has 3 aromatic heterocycles. The van der Waals surface area contributed by atoms with Crippen LogP contribution in [0.25, 0.3) is 20.8 Å². The van der Waals surface area contributed by atoms with E-state index in [0.717, 1.165) is 51.6 Å². The molecule has 4 atom stereocenters. The molecule has 3 saturated carbocycles. The summed E-state index contributed by atoms with van der Waals surface area (Å²) in [6, 6.07) is 1.43. The number of morpholine rings is 1. The van der Waals surface area contributed by atoms with Gasteiger partial charge in [-0.3, -0.25) is 9.78 Å². The highest BCUT2D eigenvalue weighted by Gasteiger charge is 2.47. The summed E-state index contributed by atoms with van der Waals surface area (Å²) in [6.07, 6.45) is 4.56. The summed E-state index contributed by atoms with van der Waals surface area (Å²) in [6.45, 7) is 4.73. The third kappa shape index (κ3) is 5.02. The Morgan fingerprint density at radius 2 is 1.93 bits per heavy atom. The molecule has 0 radical (unpaired) electrons. The number of aliphatic hydroxyl groups excluding tert-OH is 2. The highest BCUT2D eigenvalue weighted by Crippen LogP contribution is 2.44. The van der Waals surface area contributed by atoms with E-state index < -0.39 is 24.2 Å². The summed E-state index contributed by atoms with van der Waals surface area (Å²) in [5.41, 5.74) is 3.52. The van der Waals surface area contributed by atoms with Crippen LogP contribution in [-0.2, 0) is 9.53 Å². The zero-order chi connectivity index (χ0) is 27.4. The molecule has 1 saturated heterocycles. The maximum atomic E-state index is 13.2. The van der Waals surface area contributed by atoms with E-state index in [1.807, 2.05) is 19.2 Å². The molecule has 4 aliphatic rings. The predicted molar refractivity (Wildman–Crippen MR) is 151 cm³/mol. The first-order valence-corrected chi connectivity index (χ1v) is 15.2. The van der Waals surface area contributed by atoms with Crippen LogP contribution < -0.4 is 10.6 Å². The molecule has 4 heterocycles. The monoisotopic (exact) mass is 565 g/mol. The number of aliphatic hydroxyl groups is 2.